The molecule has 1 atom stereocenters. The van der Waals surface area contributed by atoms with E-state index in [-0.39, 0.29) is 23.9 Å². The van der Waals surface area contributed by atoms with Crippen LogP contribution in [0.4, 0.5) is 13.2 Å². The molecule has 1 N–H and O–H groups in total. The second-order valence-corrected chi connectivity index (χ2v) is 5.03. The lowest BCUT2D eigenvalue weighted by atomic mass is 10.0. The number of rotatable bonds is 3. The number of nitrogens with one attached hydrogen (secondary N) is 1. The fourth-order valence-electron chi connectivity index (χ4n) is 2.50. The van der Waals surface area contributed by atoms with Gasteiger partial charge in [-0.05, 0) is 31.0 Å². The highest BCUT2D eigenvalue weighted by Gasteiger charge is 2.33. The molecule has 0 saturated carbocycles. The molecule has 1 fully saturated rings. The van der Waals surface area contributed by atoms with Crippen LogP contribution in [0.15, 0.2) is 28.8 Å². The van der Waals surface area contributed by atoms with E-state index in [1.165, 1.54) is 12.1 Å². The van der Waals surface area contributed by atoms with E-state index in [0.29, 0.717) is 5.82 Å². The van der Waals surface area contributed by atoms with Crippen LogP contribution in [0.1, 0.15) is 41.7 Å². The Morgan fingerprint density at radius 2 is 2.10 bits per heavy atom. The van der Waals surface area contributed by atoms with E-state index in [9.17, 15) is 13.2 Å². The minimum absolute atomic E-state index is 0.0184. The van der Waals surface area contributed by atoms with Gasteiger partial charge in [0.1, 0.15) is 0 Å². The zero-order valence-corrected chi connectivity index (χ0v) is 11.2. The average Bonchev–Trinajstić information content (AvgIpc) is 3.08. The van der Waals surface area contributed by atoms with Gasteiger partial charge in [0.25, 0.3) is 0 Å². The van der Waals surface area contributed by atoms with E-state index in [1.54, 1.807) is 6.07 Å². The van der Waals surface area contributed by atoms with Gasteiger partial charge in [-0.2, -0.15) is 18.2 Å². The van der Waals surface area contributed by atoms with Crippen LogP contribution in [0, 0.1) is 0 Å². The molecule has 7 heteroatoms. The first-order valence-electron chi connectivity index (χ1n) is 6.75. The molecular formula is C14H14F3N3O. The first-order chi connectivity index (χ1) is 10.0. The van der Waals surface area contributed by atoms with Crippen molar-refractivity contribution in [2.24, 2.45) is 0 Å². The van der Waals surface area contributed by atoms with Gasteiger partial charge in [-0.3, -0.25) is 0 Å². The third-order valence-electron chi connectivity index (χ3n) is 3.52. The second kappa shape index (κ2) is 5.48. The lowest BCUT2D eigenvalue weighted by Gasteiger charge is -2.10. The fraction of sp³-hybridized carbons (Fsp3) is 0.429. The average molecular weight is 297 g/mol. The van der Waals surface area contributed by atoms with Crippen molar-refractivity contribution in [2.75, 3.05) is 6.54 Å². The summed E-state index contributed by atoms with van der Waals surface area (Å²) in [6.45, 7) is 0.894. The first-order valence-corrected chi connectivity index (χ1v) is 6.75. The highest BCUT2D eigenvalue weighted by molar-refractivity contribution is 5.31. The summed E-state index contributed by atoms with van der Waals surface area (Å²) in [7, 11) is 0. The van der Waals surface area contributed by atoms with E-state index < -0.39 is 11.7 Å². The molecule has 1 unspecified atom stereocenters. The normalized spacial score (nSPS) is 19.1. The first kappa shape index (κ1) is 14.1. The summed E-state index contributed by atoms with van der Waals surface area (Å²) in [4.78, 5) is 4.20. The monoisotopic (exact) mass is 297 g/mol. The molecule has 21 heavy (non-hydrogen) atoms. The molecule has 1 aliphatic heterocycles. The van der Waals surface area contributed by atoms with Crippen LogP contribution in [0.5, 0.6) is 0 Å². The minimum Gasteiger partial charge on any atom is -0.339 e. The van der Waals surface area contributed by atoms with Gasteiger partial charge in [0.2, 0.25) is 5.89 Å². The number of hydrogen-bond acceptors (Lipinski definition) is 4. The molecule has 1 aliphatic rings. The predicted octanol–water partition coefficient (Wildman–Crippen LogP) is 3.10. The van der Waals surface area contributed by atoms with Crippen LogP contribution in [-0.2, 0) is 12.6 Å². The summed E-state index contributed by atoms with van der Waals surface area (Å²) in [6, 6.07) is 5.47. The van der Waals surface area contributed by atoms with Crippen LogP contribution in [0.3, 0.4) is 0 Å². The van der Waals surface area contributed by atoms with E-state index in [2.05, 4.69) is 15.5 Å². The highest BCUT2D eigenvalue weighted by Crippen LogP contribution is 2.32. The number of benzene rings is 1. The molecule has 0 spiro atoms. The van der Waals surface area contributed by atoms with Crippen molar-refractivity contribution in [2.45, 2.75) is 31.5 Å². The Hall–Kier alpha value is -1.89. The lowest BCUT2D eigenvalue weighted by molar-refractivity contribution is -0.138. The Bertz CT molecular complexity index is 618. The predicted molar refractivity (Wildman–Crippen MR) is 68.5 cm³/mol. The van der Waals surface area contributed by atoms with Gasteiger partial charge in [0, 0.05) is 0 Å². The van der Waals surface area contributed by atoms with Gasteiger partial charge in [-0.15, -0.1) is 0 Å². The molecule has 0 aliphatic carbocycles. The maximum atomic E-state index is 12.9. The molecule has 3 rings (SSSR count). The van der Waals surface area contributed by atoms with E-state index in [4.69, 9.17) is 4.52 Å². The third kappa shape index (κ3) is 3.07. The van der Waals surface area contributed by atoms with Gasteiger partial charge in [-0.1, -0.05) is 23.4 Å². The molecule has 0 amide bonds. The Morgan fingerprint density at radius 1 is 1.29 bits per heavy atom. The van der Waals surface area contributed by atoms with Gasteiger partial charge < -0.3 is 9.84 Å². The third-order valence-corrected chi connectivity index (χ3v) is 3.52. The smallest absolute Gasteiger partial charge is 0.339 e. The molecule has 0 bridgehead atoms. The lowest BCUT2D eigenvalue weighted by Crippen LogP contribution is -2.14. The van der Waals surface area contributed by atoms with Gasteiger partial charge in [0.05, 0.1) is 18.0 Å². The number of alkyl halides is 3. The number of nitrogens with zero attached hydrogens (tertiary/aromatic N) is 2. The Morgan fingerprint density at radius 3 is 2.81 bits per heavy atom. The highest BCUT2D eigenvalue weighted by atomic mass is 19.4. The van der Waals surface area contributed by atoms with E-state index >= 15 is 0 Å². The van der Waals surface area contributed by atoms with Crippen molar-refractivity contribution in [1.29, 1.82) is 0 Å². The van der Waals surface area contributed by atoms with Crippen molar-refractivity contribution >= 4 is 0 Å². The molecule has 1 saturated heterocycles. The van der Waals surface area contributed by atoms with Crippen LogP contribution < -0.4 is 5.32 Å². The largest absolute Gasteiger partial charge is 0.416 e. The second-order valence-electron chi connectivity index (χ2n) is 5.03. The van der Waals surface area contributed by atoms with Crippen molar-refractivity contribution in [3.63, 3.8) is 0 Å². The maximum Gasteiger partial charge on any atom is 0.416 e. The van der Waals surface area contributed by atoms with Crippen molar-refractivity contribution in [3.8, 4) is 0 Å². The Balaban J connectivity index is 1.81. The molecule has 0 radical (unpaired) electrons. The fourth-order valence-corrected chi connectivity index (χ4v) is 2.50. The summed E-state index contributed by atoms with van der Waals surface area (Å²) in [5.41, 5.74) is -0.525. The quantitative estimate of drug-likeness (QED) is 0.946. The molecule has 2 aromatic rings. The zero-order valence-electron chi connectivity index (χ0n) is 11.2. The summed E-state index contributed by atoms with van der Waals surface area (Å²) >= 11 is 0. The summed E-state index contributed by atoms with van der Waals surface area (Å²) in [5.74, 6) is 0.724. The standard InChI is InChI=1S/C14H14F3N3O/c15-14(16,17)10-5-2-1-4-9(10)8-12-19-13(20-21-12)11-6-3-7-18-11/h1-2,4-5,11,18H,3,6-8H2. The van der Waals surface area contributed by atoms with Crippen molar-refractivity contribution in [3.05, 3.63) is 47.1 Å². The molecule has 112 valence electrons. The summed E-state index contributed by atoms with van der Waals surface area (Å²) < 4.78 is 43.9. The van der Waals surface area contributed by atoms with Crippen LogP contribution in [0.25, 0.3) is 0 Å². The molecule has 2 heterocycles. The number of hydrogen-bond donors (Lipinski definition) is 1. The van der Waals surface area contributed by atoms with Crippen LogP contribution in [-0.4, -0.2) is 16.7 Å². The van der Waals surface area contributed by atoms with Crippen molar-refractivity contribution in [1.82, 2.24) is 15.5 Å². The van der Waals surface area contributed by atoms with Crippen molar-refractivity contribution < 1.29 is 17.7 Å². The minimum atomic E-state index is -4.38. The summed E-state index contributed by atoms with van der Waals surface area (Å²) in [6.07, 6.45) is -2.45. The maximum absolute atomic E-state index is 12.9. The molecule has 1 aromatic carbocycles. The molecular weight excluding hydrogens is 283 g/mol. The Labute approximate surface area is 119 Å². The molecule has 4 nitrogen and oxygen atoms in total. The van der Waals surface area contributed by atoms with Gasteiger partial charge >= 0.3 is 6.18 Å². The number of halogens is 3. The van der Waals surface area contributed by atoms with Gasteiger partial charge in [-0.25, -0.2) is 0 Å². The summed E-state index contributed by atoms with van der Waals surface area (Å²) in [5, 5.41) is 7.08. The van der Waals surface area contributed by atoms with E-state index in [1.807, 2.05) is 0 Å². The van der Waals surface area contributed by atoms with E-state index in [0.717, 1.165) is 25.5 Å². The van der Waals surface area contributed by atoms with Crippen LogP contribution >= 0.6 is 0 Å². The topological polar surface area (TPSA) is 51.0 Å². The number of aromatic nitrogens is 2. The van der Waals surface area contributed by atoms with Crippen LogP contribution in [0.2, 0.25) is 0 Å². The van der Waals surface area contributed by atoms with Gasteiger partial charge in [0.15, 0.2) is 5.82 Å². The molecule has 1 aromatic heterocycles. The zero-order chi connectivity index (χ0) is 14.9. The Kier molecular flexibility index (Phi) is 3.67. The SMILES string of the molecule is FC(F)(F)c1ccccc1Cc1nc(C2CCCN2)no1.